The molecular weight excluding hydrogens is 282 g/mol. The summed E-state index contributed by atoms with van der Waals surface area (Å²) in [6, 6.07) is 18.2. The maximum absolute atomic E-state index is 4.01. The molecule has 0 saturated heterocycles. The molecule has 0 radical (unpaired) electrons. The van der Waals surface area contributed by atoms with Crippen molar-refractivity contribution < 1.29 is 0 Å². The lowest BCUT2D eigenvalue weighted by molar-refractivity contribution is 1.12. The van der Waals surface area contributed by atoms with Gasteiger partial charge < -0.3 is 0 Å². The van der Waals surface area contributed by atoms with Crippen LogP contribution in [0.4, 0.5) is 0 Å². The lowest BCUT2D eigenvalue weighted by atomic mass is 10.2. The Labute approximate surface area is 137 Å². The molecule has 0 aliphatic carbocycles. The summed E-state index contributed by atoms with van der Waals surface area (Å²) in [5.41, 5.74) is 1.09. The van der Waals surface area contributed by atoms with Crippen LogP contribution in [0.5, 0.6) is 0 Å². The molecular formula is C20H21N3. The van der Waals surface area contributed by atoms with E-state index in [9.17, 15) is 0 Å². The third-order valence-corrected chi connectivity index (χ3v) is 2.90. The van der Waals surface area contributed by atoms with Crippen LogP contribution >= 0.6 is 0 Å². The number of nitrogens with one attached hydrogen (secondary N) is 1. The molecule has 4 rings (SSSR count). The van der Waals surface area contributed by atoms with Crippen molar-refractivity contribution in [2.45, 2.75) is 0 Å². The SMILES string of the molecule is C=C.C=C.c1ccc2[nH]ncc2c1.c1ccc2cnccc2c1. The highest BCUT2D eigenvalue weighted by Crippen LogP contribution is 2.09. The standard InChI is InChI=1S/C9H7N.C7H6N2.2C2H4/c1-2-4-9-7-10-6-5-8(9)3-1;1-2-4-7-6(3-1)5-8-9-7;2*1-2/h1-7H;1-5H,(H,8,9);2*1-2H2. The Hall–Kier alpha value is -3.20. The van der Waals surface area contributed by atoms with E-state index in [1.807, 2.05) is 61.1 Å². The number of benzene rings is 2. The summed E-state index contributed by atoms with van der Waals surface area (Å²) in [6.45, 7) is 12.0. The first-order valence-corrected chi connectivity index (χ1v) is 7.10. The van der Waals surface area contributed by atoms with E-state index in [4.69, 9.17) is 0 Å². The van der Waals surface area contributed by atoms with Crippen molar-refractivity contribution in [1.82, 2.24) is 15.2 Å². The minimum atomic E-state index is 1.09. The van der Waals surface area contributed by atoms with E-state index in [2.05, 4.69) is 53.6 Å². The molecule has 23 heavy (non-hydrogen) atoms. The van der Waals surface area contributed by atoms with Crippen LogP contribution in [-0.2, 0) is 0 Å². The Morgan fingerprint density at radius 1 is 0.652 bits per heavy atom. The molecule has 0 aliphatic rings. The monoisotopic (exact) mass is 303 g/mol. The predicted molar refractivity (Wildman–Crippen MR) is 100 cm³/mol. The van der Waals surface area contributed by atoms with Crippen LogP contribution in [0.25, 0.3) is 21.7 Å². The van der Waals surface area contributed by atoms with E-state index < -0.39 is 0 Å². The fourth-order valence-electron chi connectivity index (χ4n) is 1.91. The average Bonchev–Trinajstić information content (AvgIpc) is 3.14. The number of nitrogens with zero attached hydrogens (tertiary/aromatic N) is 2. The first-order valence-electron chi connectivity index (χ1n) is 7.10. The van der Waals surface area contributed by atoms with Crippen LogP contribution in [0.15, 0.2) is 99.5 Å². The molecule has 0 unspecified atom stereocenters. The lowest BCUT2D eigenvalue weighted by Crippen LogP contribution is -1.71. The smallest absolute Gasteiger partial charge is 0.0650 e. The number of para-hydroxylation sites is 1. The highest BCUT2D eigenvalue weighted by molar-refractivity contribution is 5.81. The van der Waals surface area contributed by atoms with E-state index in [-0.39, 0.29) is 0 Å². The van der Waals surface area contributed by atoms with Crippen molar-refractivity contribution >= 4 is 21.7 Å². The minimum absolute atomic E-state index is 1.09. The fourth-order valence-corrected chi connectivity index (χ4v) is 1.91. The number of pyridine rings is 1. The van der Waals surface area contributed by atoms with Crippen molar-refractivity contribution in [3.63, 3.8) is 0 Å². The Morgan fingerprint density at radius 3 is 1.91 bits per heavy atom. The van der Waals surface area contributed by atoms with Crippen LogP contribution in [0.1, 0.15) is 0 Å². The molecule has 0 bridgehead atoms. The molecule has 0 spiro atoms. The van der Waals surface area contributed by atoms with Gasteiger partial charge in [-0.05, 0) is 22.9 Å². The zero-order valence-electron chi connectivity index (χ0n) is 13.2. The van der Waals surface area contributed by atoms with Gasteiger partial charge in [0.1, 0.15) is 0 Å². The van der Waals surface area contributed by atoms with E-state index in [1.54, 1.807) is 0 Å². The van der Waals surface area contributed by atoms with Gasteiger partial charge in [-0.25, -0.2) is 0 Å². The topological polar surface area (TPSA) is 41.6 Å². The summed E-state index contributed by atoms with van der Waals surface area (Å²) in [5.74, 6) is 0. The molecule has 2 aromatic heterocycles. The molecule has 1 N–H and O–H groups in total. The van der Waals surface area contributed by atoms with Gasteiger partial charge in [-0.3, -0.25) is 10.1 Å². The molecule has 2 heterocycles. The van der Waals surface area contributed by atoms with Crippen molar-refractivity contribution in [3.8, 4) is 0 Å². The zero-order chi connectivity index (χ0) is 16.9. The molecule has 0 saturated carbocycles. The summed E-state index contributed by atoms with van der Waals surface area (Å²) in [5, 5.41) is 10.4. The number of aromatic amines is 1. The van der Waals surface area contributed by atoms with Crippen molar-refractivity contribution in [2.24, 2.45) is 0 Å². The summed E-state index contributed by atoms with van der Waals surface area (Å²) >= 11 is 0. The molecule has 4 aromatic rings. The van der Waals surface area contributed by atoms with Gasteiger partial charge >= 0.3 is 0 Å². The fraction of sp³-hybridized carbons (Fsp3) is 0. The van der Waals surface area contributed by atoms with Crippen LogP contribution in [0, 0.1) is 0 Å². The van der Waals surface area contributed by atoms with Crippen LogP contribution < -0.4 is 0 Å². The van der Waals surface area contributed by atoms with Crippen LogP contribution in [0.3, 0.4) is 0 Å². The number of aromatic nitrogens is 3. The Bertz CT molecular complexity index is 723. The van der Waals surface area contributed by atoms with Gasteiger partial charge in [-0.1, -0.05) is 42.5 Å². The predicted octanol–water partition coefficient (Wildman–Crippen LogP) is 5.40. The Balaban J connectivity index is 0.000000190. The minimum Gasteiger partial charge on any atom is -0.278 e. The van der Waals surface area contributed by atoms with Gasteiger partial charge in [0.05, 0.1) is 11.7 Å². The summed E-state index contributed by atoms with van der Waals surface area (Å²) in [7, 11) is 0. The van der Waals surface area contributed by atoms with E-state index in [0.717, 1.165) is 10.9 Å². The lowest BCUT2D eigenvalue weighted by Gasteiger charge is -1.91. The normalized spacial score (nSPS) is 8.70. The Kier molecular flexibility index (Phi) is 8.16. The second-order valence-corrected chi connectivity index (χ2v) is 4.18. The van der Waals surface area contributed by atoms with Gasteiger partial charge in [-0.15, -0.1) is 26.3 Å². The van der Waals surface area contributed by atoms with Gasteiger partial charge in [0.15, 0.2) is 0 Å². The highest BCUT2D eigenvalue weighted by atomic mass is 15.1. The van der Waals surface area contributed by atoms with Gasteiger partial charge in [0, 0.05) is 17.8 Å². The molecule has 0 atom stereocenters. The zero-order valence-corrected chi connectivity index (χ0v) is 13.2. The molecule has 3 heteroatoms. The number of fused-ring (bicyclic) bond motifs is 2. The second kappa shape index (κ2) is 10.5. The summed E-state index contributed by atoms with van der Waals surface area (Å²) < 4.78 is 0. The first-order chi connectivity index (χ1) is 11.4. The van der Waals surface area contributed by atoms with Gasteiger partial charge in [0.2, 0.25) is 0 Å². The average molecular weight is 303 g/mol. The molecule has 2 aromatic carbocycles. The van der Waals surface area contributed by atoms with E-state index in [0.29, 0.717) is 0 Å². The summed E-state index contributed by atoms with van der Waals surface area (Å²) in [6.07, 6.45) is 5.49. The number of hydrogen-bond acceptors (Lipinski definition) is 2. The van der Waals surface area contributed by atoms with Crippen LogP contribution in [0.2, 0.25) is 0 Å². The number of rotatable bonds is 0. The maximum atomic E-state index is 4.01. The van der Waals surface area contributed by atoms with Crippen molar-refractivity contribution in [2.75, 3.05) is 0 Å². The van der Waals surface area contributed by atoms with E-state index in [1.165, 1.54) is 10.8 Å². The molecule has 0 fully saturated rings. The first kappa shape index (κ1) is 17.9. The third kappa shape index (κ3) is 5.25. The van der Waals surface area contributed by atoms with Crippen LogP contribution in [-0.4, -0.2) is 15.2 Å². The van der Waals surface area contributed by atoms with Crippen molar-refractivity contribution in [3.05, 3.63) is 99.5 Å². The molecule has 116 valence electrons. The molecule has 3 nitrogen and oxygen atoms in total. The van der Waals surface area contributed by atoms with Crippen molar-refractivity contribution in [1.29, 1.82) is 0 Å². The third-order valence-electron chi connectivity index (χ3n) is 2.90. The number of hydrogen-bond donors (Lipinski definition) is 1. The van der Waals surface area contributed by atoms with E-state index >= 15 is 0 Å². The van der Waals surface area contributed by atoms with Gasteiger partial charge in [0.25, 0.3) is 0 Å². The highest BCUT2D eigenvalue weighted by Gasteiger charge is 1.88. The number of H-pyrrole nitrogens is 1. The van der Waals surface area contributed by atoms with Gasteiger partial charge in [-0.2, -0.15) is 5.10 Å². The largest absolute Gasteiger partial charge is 0.278 e. The summed E-state index contributed by atoms with van der Waals surface area (Å²) in [4.78, 5) is 4.01. The quantitative estimate of drug-likeness (QED) is 0.442. The maximum Gasteiger partial charge on any atom is 0.0650 e. The Morgan fingerprint density at radius 2 is 1.26 bits per heavy atom. The molecule has 0 aliphatic heterocycles. The molecule has 0 amide bonds. The second-order valence-electron chi connectivity index (χ2n) is 4.18.